The number of thiol groups is 1. The maximum Gasteiger partial charge on any atom is -0.00519 e. The highest BCUT2D eigenvalue weighted by Crippen LogP contribution is 2.39. The highest BCUT2D eigenvalue weighted by molar-refractivity contribution is 7.84. The van der Waals surface area contributed by atoms with Gasteiger partial charge in [-0.05, 0) is 27.0 Å². The van der Waals surface area contributed by atoms with Crippen molar-refractivity contribution in [2.75, 3.05) is 0 Å². The lowest BCUT2D eigenvalue weighted by Gasteiger charge is -2.22. The lowest BCUT2D eigenvalue weighted by Crippen LogP contribution is -2.07. The zero-order chi connectivity index (χ0) is 12.5. The van der Waals surface area contributed by atoms with Crippen LogP contribution in [0.1, 0.15) is 26.3 Å². The number of allylic oxidation sites excluding steroid dienone is 6. The standard InChI is InChI=1S/C16H18S/c1-16(2,3)15(17)14-11-7-10-13(14)12-8-5-4-6-9-12/h4-11,17H,1-3H3/b15-14-. The SMILES string of the molecule is CC(C)(C)/C(S)=C1\C=CC=C1c1ccccc1. The van der Waals surface area contributed by atoms with Gasteiger partial charge in [-0.25, -0.2) is 0 Å². The molecule has 0 spiro atoms. The molecule has 0 unspecified atom stereocenters. The van der Waals surface area contributed by atoms with Crippen molar-refractivity contribution >= 4 is 18.2 Å². The van der Waals surface area contributed by atoms with E-state index in [2.05, 4.69) is 63.3 Å². The van der Waals surface area contributed by atoms with Gasteiger partial charge in [0.15, 0.2) is 0 Å². The van der Waals surface area contributed by atoms with E-state index in [4.69, 9.17) is 12.6 Å². The van der Waals surface area contributed by atoms with Gasteiger partial charge in [0.1, 0.15) is 0 Å². The van der Waals surface area contributed by atoms with Crippen molar-refractivity contribution in [3.63, 3.8) is 0 Å². The molecule has 0 atom stereocenters. The van der Waals surface area contributed by atoms with E-state index >= 15 is 0 Å². The second-order valence-corrected chi connectivity index (χ2v) is 5.76. The Morgan fingerprint density at radius 1 is 1.06 bits per heavy atom. The summed E-state index contributed by atoms with van der Waals surface area (Å²) in [5.74, 6) is 0. The molecule has 2 rings (SSSR count). The highest BCUT2D eigenvalue weighted by Gasteiger charge is 2.21. The monoisotopic (exact) mass is 242 g/mol. The van der Waals surface area contributed by atoms with Gasteiger partial charge in [0, 0.05) is 0 Å². The Bertz CT molecular complexity index is 496. The summed E-state index contributed by atoms with van der Waals surface area (Å²) in [6.07, 6.45) is 6.40. The Balaban J connectivity index is 2.46. The lowest BCUT2D eigenvalue weighted by molar-refractivity contribution is 0.532. The summed E-state index contributed by atoms with van der Waals surface area (Å²) in [5, 5.41) is 0. The molecule has 1 aliphatic carbocycles. The fraction of sp³-hybridized carbons (Fsp3) is 0.250. The van der Waals surface area contributed by atoms with E-state index in [0.29, 0.717) is 0 Å². The van der Waals surface area contributed by atoms with Crippen LogP contribution in [-0.4, -0.2) is 0 Å². The maximum absolute atomic E-state index is 4.70. The van der Waals surface area contributed by atoms with Crippen LogP contribution >= 0.6 is 12.6 Å². The first-order chi connectivity index (χ1) is 8.00. The molecule has 1 heteroatoms. The molecule has 1 aromatic rings. The largest absolute Gasteiger partial charge is 0.147 e. The molecule has 0 N–H and O–H groups in total. The third kappa shape index (κ3) is 2.55. The molecule has 0 aromatic heterocycles. The number of hydrogen-bond acceptors (Lipinski definition) is 1. The molecule has 17 heavy (non-hydrogen) atoms. The van der Waals surface area contributed by atoms with Crippen LogP contribution in [0, 0.1) is 5.41 Å². The van der Waals surface area contributed by atoms with Crippen molar-refractivity contribution in [3.8, 4) is 0 Å². The first kappa shape index (κ1) is 12.3. The second-order valence-electron chi connectivity index (χ2n) is 5.32. The molecule has 0 fully saturated rings. The summed E-state index contributed by atoms with van der Waals surface area (Å²) in [7, 11) is 0. The van der Waals surface area contributed by atoms with Gasteiger partial charge in [0.25, 0.3) is 0 Å². The quantitative estimate of drug-likeness (QED) is 0.667. The fourth-order valence-corrected chi connectivity index (χ4v) is 2.10. The van der Waals surface area contributed by atoms with Crippen LogP contribution in [0.15, 0.2) is 59.0 Å². The molecule has 0 nitrogen and oxygen atoms in total. The second kappa shape index (κ2) is 4.58. The van der Waals surface area contributed by atoms with E-state index in [9.17, 15) is 0 Å². The van der Waals surface area contributed by atoms with Gasteiger partial charge in [-0.1, -0.05) is 69.3 Å². The number of hydrogen-bond donors (Lipinski definition) is 1. The summed E-state index contributed by atoms with van der Waals surface area (Å²) in [6, 6.07) is 10.5. The summed E-state index contributed by atoms with van der Waals surface area (Å²) in [4.78, 5) is 1.14. The van der Waals surface area contributed by atoms with Crippen molar-refractivity contribution in [2.45, 2.75) is 20.8 Å². The number of rotatable bonds is 1. The van der Waals surface area contributed by atoms with Gasteiger partial charge < -0.3 is 0 Å². The Morgan fingerprint density at radius 3 is 2.29 bits per heavy atom. The third-order valence-corrected chi connectivity index (χ3v) is 3.78. The predicted octanol–water partition coefficient (Wildman–Crippen LogP) is 4.87. The average Bonchev–Trinajstić information content (AvgIpc) is 2.76. The van der Waals surface area contributed by atoms with E-state index in [-0.39, 0.29) is 5.41 Å². The van der Waals surface area contributed by atoms with Crippen molar-refractivity contribution in [1.82, 2.24) is 0 Å². The van der Waals surface area contributed by atoms with Crippen LogP contribution in [0.25, 0.3) is 5.57 Å². The molecule has 0 radical (unpaired) electrons. The van der Waals surface area contributed by atoms with Crippen LogP contribution in [0.4, 0.5) is 0 Å². The predicted molar refractivity (Wildman–Crippen MR) is 79.0 cm³/mol. The van der Waals surface area contributed by atoms with Crippen LogP contribution in [0.5, 0.6) is 0 Å². The van der Waals surface area contributed by atoms with Gasteiger partial charge in [-0.3, -0.25) is 0 Å². The summed E-state index contributed by atoms with van der Waals surface area (Å²) >= 11 is 4.70. The zero-order valence-corrected chi connectivity index (χ0v) is 11.5. The molecular weight excluding hydrogens is 224 g/mol. The van der Waals surface area contributed by atoms with Crippen molar-refractivity contribution in [1.29, 1.82) is 0 Å². The van der Waals surface area contributed by atoms with E-state index in [1.165, 1.54) is 16.7 Å². The minimum atomic E-state index is 0.0843. The third-order valence-electron chi connectivity index (χ3n) is 2.87. The summed E-state index contributed by atoms with van der Waals surface area (Å²) < 4.78 is 0. The zero-order valence-electron chi connectivity index (χ0n) is 10.6. The van der Waals surface area contributed by atoms with Crippen molar-refractivity contribution < 1.29 is 0 Å². The molecule has 0 bridgehead atoms. The Hall–Kier alpha value is -1.21. The lowest BCUT2D eigenvalue weighted by atomic mass is 9.89. The summed E-state index contributed by atoms with van der Waals surface area (Å²) in [6.45, 7) is 6.57. The summed E-state index contributed by atoms with van der Waals surface area (Å²) in [5.41, 5.74) is 3.85. The van der Waals surface area contributed by atoms with E-state index in [1.54, 1.807) is 0 Å². The van der Waals surface area contributed by atoms with Crippen molar-refractivity contribution in [3.05, 3.63) is 64.6 Å². The van der Waals surface area contributed by atoms with Crippen LogP contribution in [0.2, 0.25) is 0 Å². The highest BCUT2D eigenvalue weighted by atomic mass is 32.1. The first-order valence-electron chi connectivity index (χ1n) is 5.88. The first-order valence-corrected chi connectivity index (χ1v) is 6.33. The molecule has 88 valence electrons. The number of benzene rings is 1. The van der Waals surface area contributed by atoms with Crippen LogP contribution < -0.4 is 0 Å². The minimum Gasteiger partial charge on any atom is -0.147 e. The molecule has 0 saturated heterocycles. The van der Waals surface area contributed by atoms with Crippen molar-refractivity contribution in [2.24, 2.45) is 5.41 Å². The van der Waals surface area contributed by atoms with Gasteiger partial charge in [-0.2, -0.15) is 0 Å². The van der Waals surface area contributed by atoms with Gasteiger partial charge in [0.05, 0.1) is 0 Å². The van der Waals surface area contributed by atoms with Gasteiger partial charge in [-0.15, -0.1) is 12.6 Å². The molecule has 0 heterocycles. The van der Waals surface area contributed by atoms with E-state index < -0.39 is 0 Å². The Morgan fingerprint density at radius 2 is 1.71 bits per heavy atom. The normalized spacial score (nSPS) is 18.2. The minimum absolute atomic E-state index is 0.0843. The average molecular weight is 242 g/mol. The van der Waals surface area contributed by atoms with Crippen LogP contribution in [0.3, 0.4) is 0 Å². The fourth-order valence-electron chi connectivity index (χ4n) is 1.90. The topological polar surface area (TPSA) is 0 Å². The van der Waals surface area contributed by atoms with Crippen LogP contribution in [-0.2, 0) is 0 Å². The van der Waals surface area contributed by atoms with Gasteiger partial charge in [0.2, 0.25) is 0 Å². The van der Waals surface area contributed by atoms with E-state index in [0.717, 1.165) is 4.91 Å². The van der Waals surface area contributed by atoms with E-state index in [1.807, 2.05) is 6.07 Å². The molecule has 1 aliphatic rings. The maximum atomic E-state index is 4.70. The molecule has 0 aliphatic heterocycles. The molecule has 1 aromatic carbocycles. The molecule has 0 saturated carbocycles. The molecular formula is C16H18S. The Kier molecular flexibility index (Phi) is 3.30. The smallest absolute Gasteiger partial charge is 0.00519 e. The van der Waals surface area contributed by atoms with Gasteiger partial charge >= 0.3 is 0 Å². The Labute approximate surface area is 109 Å². The molecule has 0 amide bonds.